The second kappa shape index (κ2) is 18.8. The summed E-state index contributed by atoms with van der Waals surface area (Å²) in [4.78, 5) is 9.60. The molecule has 5 nitrogen and oxygen atoms in total. The van der Waals surface area contributed by atoms with Gasteiger partial charge in [0.2, 0.25) is 0 Å². The van der Waals surface area contributed by atoms with Crippen molar-refractivity contribution >= 4 is 44.6 Å². The fourth-order valence-electron chi connectivity index (χ4n) is 9.75. The first kappa shape index (κ1) is 47.8. The SMILES string of the molecule is CCC(CC)c1ccc2c(c1)N(c1[c-]c(Oc3[c-]c4c(cc3)c3ccccc3n4-c3cc(C(C)(C)C)ccn3)cc(-c3c(C(C)C)cccc3C(C)C)c1)[CH-]N2c1cccc(C(C)(C)C)c1.[Pt]. The third-order valence-electron chi connectivity index (χ3n) is 13.6. The molecule has 0 amide bonds. The minimum atomic E-state index is -0.0350. The van der Waals surface area contributed by atoms with Crippen molar-refractivity contribution in [3.05, 3.63) is 174 Å². The summed E-state index contributed by atoms with van der Waals surface area (Å²) < 4.78 is 9.29. The molecule has 67 heavy (non-hydrogen) atoms. The molecule has 0 aliphatic carbocycles. The number of hydrogen-bond acceptors (Lipinski definition) is 4. The van der Waals surface area contributed by atoms with E-state index >= 15 is 0 Å². The zero-order chi connectivity index (χ0) is 46.7. The van der Waals surface area contributed by atoms with Crippen LogP contribution in [0.25, 0.3) is 38.8 Å². The number of nitrogens with zero attached hydrogens (tertiary/aromatic N) is 4. The summed E-state index contributed by atoms with van der Waals surface area (Å²) in [6.45, 7) is 29.6. The van der Waals surface area contributed by atoms with Gasteiger partial charge in [-0.1, -0.05) is 143 Å². The number of para-hydroxylation sites is 1. The van der Waals surface area contributed by atoms with Gasteiger partial charge >= 0.3 is 0 Å². The summed E-state index contributed by atoms with van der Waals surface area (Å²) in [6.07, 6.45) is 4.08. The predicted octanol–water partition coefficient (Wildman–Crippen LogP) is 17.4. The summed E-state index contributed by atoms with van der Waals surface area (Å²) in [6, 6.07) is 51.9. The van der Waals surface area contributed by atoms with Crippen LogP contribution in [0.5, 0.6) is 11.5 Å². The van der Waals surface area contributed by atoms with Gasteiger partial charge in [0.25, 0.3) is 0 Å². The molecule has 0 spiro atoms. The standard InChI is InChI=1S/C61H65N4O.Pt/c1-13-41(14-2)42-25-28-55-57(33-42)64(38-63(55)46-20-17-19-44(34-46)60(7,8)9)47-31-43(59-50(39(3)4)22-18-23-51(59)40(5)6)32-49(36-47)66-48-26-27-53-52-21-15-16-24-54(52)65(56(53)37-48)58-35-45(29-30-62-58)61(10,11)12;/h15-35,38-41H,13-14H2,1-12H3;/q-3;. The monoisotopic (exact) mass is 1060 g/mol. The average Bonchev–Trinajstić information content (AvgIpc) is 3.84. The van der Waals surface area contributed by atoms with Crippen LogP contribution in [0.1, 0.15) is 141 Å². The molecule has 348 valence electrons. The molecule has 6 aromatic carbocycles. The first-order valence-electron chi connectivity index (χ1n) is 24.0. The predicted molar refractivity (Wildman–Crippen MR) is 279 cm³/mol. The van der Waals surface area contributed by atoms with Gasteiger partial charge < -0.3 is 19.1 Å². The van der Waals surface area contributed by atoms with E-state index in [9.17, 15) is 0 Å². The molecule has 2 aromatic heterocycles. The van der Waals surface area contributed by atoms with E-state index in [2.05, 4.69) is 232 Å². The Labute approximate surface area is 414 Å². The van der Waals surface area contributed by atoms with Crippen molar-refractivity contribution in [3.8, 4) is 28.4 Å². The normalized spacial score (nSPS) is 13.1. The first-order chi connectivity index (χ1) is 31.5. The van der Waals surface area contributed by atoms with E-state index in [1.165, 1.54) is 33.4 Å². The molecule has 0 saturated carbocycles. The van der Waals surface area contributed by atoms with Gasteiger partial charge in [-0.3, -0.25) is 0 Å². The number of rotatable bonds is 11. The maximum Gasteiger partial charge on any atom is 0.135 e. The van der Waals surface area contributed by atoms with Gasteiger partial charge in [0.15, 0.2) is 0 Å². The Kier molecular flexibility index (Phi) is 13.4. The van der Waals surface area contributed by atoms with E-state index < -0.39 is 0 Å². The molecular formula is C61H65N4OPt-3. The molecule has 0 saturated heterocycles. The maximum atomic E-state index is 7.06. The van der Waals surface area contributed by atoms with Crippen LogP contribution in [0.4, 0.5) is 22.7 Å². The number of hydrogen-bond donors (Lipinski definition) is 0. The summed E-state index contributed by atoms with van der Waals surface area (Å²) in [5.41, 5.74) is 15.1. The number of fused-ring (bicyclic) bond motifs is 4. The van der Waals surface area contributed by atoms with Gasteiger partial charge in [-0.05, 0) is 123 Å². The molecule has 0 radical (unpaired) electrons. The topological polar surface area (TPSA) is 33.5 Å². The van der Waals surface area contributed by atoms with Crippen LogP contribution in [0.3, 0.4) is 0 Å². The van der Waals surface area contributed by atoms with Crippen LogP contribution in [-0.2, 0) is 31.9 Å². The van der Waals surface area contributed by atoms with Gasteiger partial charge in [-0.15, -0.1) is 53.6 Å². The second-order valence-electron chi connectivity index (χ2n) is 20.8. The molecule has 0 unspecified atom stereocenters. The third kappa shape index (κ3) is 9.21. The van der Waals surface area contributed by atoms with Gasteiger partial charge in [-0.25, -0.2) is 4.98 Å². The van der Waals surface area contributed by atoms with Crippen LogP contribution < -0.4 is 14.5 Å². The zero-order valence-corrected chi connectivity index (χ0v) is 43.6. The Balaban J connectivity index is 0.00000608. The van der Waals surface area contributed by atoms with Crippen LogP contribution in [0.15, 0.2) is 128 Å². The van der Waals surface area contributed by atoms with Gasteiger partial charge in [0.1, 0.15) is 5.82 Å². The van der Waals surface area contributed by atoms with Crippen LogP contribution in [0.2, 0.25) is 0 Å². The molecule has 0 N–H and O–H groups in total. The summed E-state index contributed by atoms with van der Waals surface area (Å²) in [7, 11) is 0. The summed E-state index contributed by atoms with van der Waals surface area (Å²) in [5.74, 6) is 3.18. The van der Waals surface area contributed by atoms with E-state index in [0.29, 0.717) is 29.3 Å². The molecular weight excluding hydrogens is 1000 g/mol. The van der Waals surface area contributed by atoms with Crippen molar-refractivity contribution in [1.29, 1.82) is 0 Å². The number of pyridine rings is 1. The summed E-state index contributed by atoms with van der Waals surface area (Å²) in [5, 5.41) is 2.24. The van der Waals surface area contributed by atoms with E-state index in [0.717, 1.165) is 68.8 Å². The largest absolute Gasteiger partial charge is 0.509 e. The van der Waals surface area contributed by atoms with Crippen molar-refractivity contribution in [3.63, 3.8) is 0 Å². The maximum absolute atomic E-state index is 7.06. The number of ether oxygens (including phenoxy) is 1. The van der Waals surface area contributed by atoms with E-state index in [-0.39, 0.29) is 31.9 Å². The van der Waals surface area contributed by atoms with E-state index in [1.54, 1.807) is 0 Å². The first-order valence-corrected chi connectivity index (χ1v) is 24.0. The molecule has 6 heteroatoms. The van der Waals surface area contributed by atoms with Crippen molar-refractivity contribution in [1.82, 2.24) is 9.55 Å². The molecule has 0 fully saturated rings. The zero-order valence-electron chi connectivity index (χ0n) is 41.4. The minimum Gasteiger partial charge on any atom is -0.509 e. The fourth-order valence-corrected chi connectivity index (χ4v) is 9.75. The van der Waals surface area contributed by atoms with Gasteiger partial charge in [-0.2, -0.15) is 6.07 Å². The van der Waals surface area contributed by atoms with Crippen LogP contribution in [-0.4, -0.2) is 9.55 Å². The molecule has 9 rings (SSSR count). The molecule has 0 atom stereocenters. The van der Waals surface area contributed by atoms with E-state index in [1.807, 2.05) is 12.3 Å². The molecule has 0 bridgehead atoms. The van der Waals surface area contributed by atoms with Crippen molar-refractivity contribution in [2.75, 3.05) is 9.80 Å². The molecule has 1 aliphatic heterocycles. The number of anilines is 4. The van der Waals surface area contributed by atoms with Crippen molar-refractivity contribution in [2.24, 2.45) is 0 Å². The van der Waals surface area contributed by atoms with E-state index in [4.69, 9.17) is 9.72 Å². The van der Waals surface area contributed by atoms with Gasteiger partial charge in [0, 0.05) is 61.3 Å². The minimum absolute atomic E-state index is 0. The summed E-state index contributed by atoms with van der Waals surface area (Å²) >= 11 is 0. The van der Waals surface area contributed by atoms with Crippen molar-refractivity contribution in [2.45, 2.75) is 125 Å². The second-order valence-corrected chi connectivity index (χ2v) is 20.8. The Hall–Kier alpha value is -5.64. The Bertz CT molecular complexity index is 3040. The molecule has 3 heterocycles. The Morgan fingerprint density at radius 1 is 0.627 bits per heavy atom. The fraction of sp³-hybridized carbons (Fsp3) is 0.311. The smallest absolute Gasteiger partial charge is 0.135 e. The van der Waals surface area contributed by atoms with Crippen LogP contribution in [0, 0.1) is 18.8 Å². The number of benzene rings is 6. The molecule has 1 aliphatic rings. The van der Waals surface area contributed by atoms with Crippen molar-refractivity contribution < 1.29 is 25.8 Å². The average molecular weight is 1070 g/mol. The Morgan fingerprint density at radius 2 is 1.31 bits per heavy atom. The molecule has 8 aromatic rings. The Morgan fingerprint density at radius 3 is 2.00 bits per heavy atom. The number of aromatic nitrogens is 2. The van der Waals surface area contributed by atoms with Crippen LogP contribution >= 0.6 is 0 Å². The quantitative estimate of drug-likeness (QED) is 0.121. The van der Waals surface area contributed by atoms with Gasteiger partial charge in [0.05, 0.1) is 0 Å². The third-order valence-corrected chi connectivity index (χ3v) is 13.6.